The molecule has 0 N–H and O–H groups in total. The maximum absolute atomic E-state index is 4.71. The molecule has 0 amide bonds. The van der Waals surface area contributed by atoms with Crippen LogP contribution in [0.25, 0.3) is 0 Å². The summed E-state index contributed by atoms with van der Waals surface area (Å²) in [5, 5.41) is 0. The second-order valence-electron chi connectivity index (χ2n) is 11.0. The third-order valence-corrected chi connectivity index (χ3v) is 9.12. The Kier molecular flexibility index (Phi) is 10.3. The van der Waals surface area contributed by atoms with Crippen molar-refractivity contribution < 1.29 is 0 Å². The molecule has 2 unspecified atom stereocenters. The second kappa shape index (κ2) is 12.9. The van der Waals surface area contributed by atoms with Gasteiger partial charge in [0, 0.05) is 0 Å². The van der Waals surface area contributed by atoms with Crippen molar-refractivity contribution in [1.82, 2.24) is 0 Å². The first-order valence-electron chi connectivity index (χ1n) is 13.7. The smallest absolute Gasteiger partial charge is 0.0175 e. The quantitative estimate of drug-likeness (QED) is 0.314. The summed E-state index contributed by atoms with van der Waals surface area (Å²) in [5.41, 5.74) is 1.66. The van der Waals surface area contributed by atoms with Crippen LogP contribution in [0.4, 0.5) is 0 Å². The van der Waals surface area contributed by atoms with Crippen LogP contribution in [-0.2, 0) is 0 Å². The van der Waals surface area contributed by atoms with E-state index in [1.165, 1.54) is 109 Å². The minimum Gasteiger partial charge on any atom is -0.103 e. The molecular weight excluding hydrogens is 360 g/mol. The second-order valence-corrected chi connectivity index (χ2v) is 11.0. The molecule has 3 aliphatic rings. The van der Waals surface area contributed by atoms with Crippen LogP contribution in [0.3, 0.4) is 0 Å². The lowest BCUT2D eigenvalue weighted by molar-refractivity contribution is 0.217. The highest BCUT2D eigenvalue weighted by molar-refractivity contribution is 5.10. The minimum absolute atomic E-state index is 0.829. The molecule has 0 aromatic heterocycles. The highest BCUT2D eigenvalue weighted by atomic mass is 14.4. The van der Waals surface area contributed by atoms with Crippen LogP contribution in [0, 0.1) is 35.5 Å². The molecule has 0 aromatic rings. The van der Waals surface area contributed by atoms with Gasteiger partial charge in [-0.25, -0.2) is 0 Å². The topological polar surface area (TPSA) is 0 Å². The summed E-state index contributed by atoms with van der Waals surface area (Å²) in [7, 11) is 0. The fourth-order valence-corrected chi connectivity index (χ4v) is 6.91. The molecule has 0 aromatic carbocycles. The van der Waals surface area contributed by atoms with Crippen LogP contribution >= 0.6 is 0 Å². The molecule has 3 aliphatic carbocycles. The molecule has 30 heavy (non-hydrogen) atoms. The molecule has 0 aliphatic heterocycles. The van der Waals surface area contributed by atoms with E-state index in [1.54, 1.807) is 5.57 Å². The van der Waals surface area contributed by atoms with E-state index in [9.17, 15) is 0 Å². The van der Waals surface area contributed by atoms with Crippen molar-refractivity contribution in [1.29, 1.82) is 0 Å². The summed E-state index contributed by atoms with van der Waals surface area (Å²) in [6.45, 7) is 11.0. The Labute approximate surface area is 188 Å². The highest BCUT2D eigenvalue weighted by Gasteiger charge is 2.32. The predicted molar refractivity (Wildman–Crippen MR) is 134 cm³/mol. The number of hydrogen-bond donors (Lipinski definition) is 0. The molecular formula is C30H50. The van der Waals surface area contributed by atoms with Gasteiger partial charge >= 0.3 is 0 Å². The molecule has 0 spiro atoms. The molecule has 0 heteroatoms. The molecule has 0 heterocycles. The molecule has 170 valence electrons. The summed E-state index contributed by atoms with van der Waals surface area (Å²) in [4.78, 5) is 0. The third-order valence-electron chi connectivity index (χ3n) is 9.12. The van der Waals surface area contributed by atoms with Gasteiger partial charge in [-0.2, -0.15) is 0 Å². The Morgan fingerprint density at radius 1 is 0.800 bits per heavy atom. The van der Waals surface area contributed by atoms with E-state index >= 15 is 0 Å². The average molecular weight is 411 g/mol. The lowest BCUT2D eigenvalue weighted by Crippen LogP contribution is -2.26. The predicted octanol–water partition coefficient (Wildman–Crippen LogP) is 9.67. The van der Waals surface area contributed by atoms with Crippen LogP contribution in [-0.4, -0.2) is 0 Å². The van der Waals surface area contributed by atoms with Gasteiger partial charge < -0.3 is 0 Å². The normalized spacial score (nSPS) is 35.4. The minimum atomic E-state index is 0.829. The van der Waals surface area contributed by atoms with E-state index in [-0.39, 0.29) is 0 Å². The van der Waals surface area contributed by atoms with Crippen molar-refractivity contribution in [3.8, 4) is 0 Å². The van der Waals surface area contributed by atoms with E-state index in [0.29, 0.717) is 0 Å². The number of hydrogen-bond acceptors (Lipinski definition) is 0. The van der Waals surface area contributed by atoms with Gasteiger partial charge in [-0.05, 0) is 125 Å². The van der Waals surface area contributed by atoms with E-state index in [2.05, 4.69) is 31.7 Å². The fraction of sp³-hybridized carbons (Fsp3) is 0.800. The maximum atomic E-state index is 4.71. The van der Waals surface area contributed by atoms with Gasteiger partial charge in [0.25, 0.3) is 0 Å². The molecule has 0 saturated heterocycles. The monoisotopic (exact) mass is 410 g/mol. The summed E-state index contributed by atoms with van der Waals surface area (Å²) in [6, 6.07) is 0. The first-order valence-corrected chi connectivity index (χ1v) is 13.7. The van der Waals surface area contributed by atoms with E-state index < -0.39 is 0 Å². The van der Waals surface area contributed by atoms with Crippen LogP contribution in [0.2, 0.25) is 0 Å². The van der Waals surface area contributed by atoms with E-state index in [0.717, 1.165) is 35.5 Å². The van der Waals surface area contributed by atoms with Crippen molar-refractivity contribution in [3.05, 3.63) is 37.0 Å². The van der Waals surface area contributed by atoms with Crippen molar-refractivity contribution in [2.45, 2.75) is 116 Å². The zero-order valence-electron chi connectivity index (χ0n) is 20.1. The van der Waals surface area contributed by atoms with Gasteiger partial charge in [-0.3, -0.25) is 0 Å². The summed E-state index contributed by atoms with van der Waals surface area (Å²) < 4.78 is 0. The van der Waals surface area contributed by atoms with Gasteiger partial charge in [-0.1, -0.05) is 56.6 Å². The molecule has 3 saturated carbocycles. The van der Waals surface area contributed by atoms with Gasteiger partial charge in [0.1, 0.15) is 0 Å². The molecule has 0 bridgehead atoms. The van der Waals surface area contributed by atoms with Crippen molar-refractivity contribution >= 4 is 0 Å². The molecule has 3 rings (SSSR count). The Morgan fingerprint density at radius 2 is 1.50 bits per heavy atom. The molecule has 0 nitrogen and oxygen atoms in total. The zero-order valence-corrected chi connectivity index (χ0v) is 20.1. The van der Waals surface area contributed by atoms with Crippen LogP contribution < -0.4 is 0 Å². The van der Waals surface area contributed by atoms with E-state index in [1.807, 2.05) is 0 Å². The molecule has 3 fully saturated rings. The first-order chi connectivity index (χ1) is 14.7. The summed E-state index contributed by atoms with van der Waals surface area (Å²) in [5.74, 6) is 5.40. The zero-order chi connectivity index (χ0) is 21.2. The fourth-order valence-electron chi connectivity index (χ4n) is 6.91. The first kappa shape index (κ1) is 23.9. The third kappa shape index (κ3) is 7.13. The van der Waals surface area contributed by atoms with Gasteiger partial charge in [-0.15, -0.1) is 6.58 Å². The van der Waals surface area contributed by atoms with Crippen molar-refractivity contribution in [2.24, 2.45) is 35.5 Å². The maximum Gasteiger partial charge on any atom is -0.0175 e. The number of rotatable bonds is 10. The highest BCUT2D eigenvalue weighted by Crippen LogP contribution is 2.44. The molecule has 0 radical (unpaired) electrons. The Balaban J connectivity index is 1.40. The van der Waals surface area contributed by atoms with Crippen molar-refractivity contribution in [2.75, 3.05) is 0 Å². The van der Waals surface area contributed by atoms with E-state index in [4.69, 9.17) is 6.58 Å². The Hall–Kier alpha value is -0.780. The Bertz CT molecular complexity index is 524. The van der Waals surface area contributed by atoms with Crippen LogP contribution in [0.15, 0.2) is 37.0 Å². The summed E-state index contributed by atoms with van der Waals surface area (Å²) >= 11 is 0. The lowest BCUT2D eigenvalue weighted by atomic mass is 9.67. The molecule has 2 atom stereocenters. The van der Waals surface area contributed by atoms with Crippen LogP contribution in [0.1, 0.15) is 116 Å². The standard InChI is InChI=1S/C30H50/c1-4-6-11-26-16-18-27(19-17-26)12-7-8-13-29-14-9-10-15-30(29)24(3)28-22-20-25(5-2)21-23-28/h4,7,12,25-30H,1,3,5-6,8-11,13-23H2,2H3/b12-7+. The van der Waals surface area contributed by atoms with Gasteiger partial charge in [0.2, 0.25) is 0 Å². The SMILES string of the molecule is C=CCCC1CCC(/C=C/CCC2CCCCC2C(=C)C2CCC(CC)CC2)CC1. The van der Waals surface area contributed by atoms with Gasteiger partial charge in [0.05, 0.1) is 0 Å². The average Bonchev–Trinajstić information content (AvgIpc) is 2.81. The van der Waals surface area contributed by atoms with Crippen LogP contribution in [0.5, 0.6) is 0 Å². The largest absolute Gasteiger partial charge is 0.103 e. The van der Waals surface area contributed by atoms with Crippen molar-refractivity contribution in [3.63, 3.8) is 0 Å². The Morgan fingerprint density at radius 3 is 2.20 bits per heavy atom. The van der Waals surface area contributed by atoms with Gasteiger partial charge in [0.15, 0.2) is 0 Å². The summed E-state index contributed by atoms with van der Waals surface area (Å²) in [6.07, 6.45) is 31.1. The lowest BCUT2D eigenvalue weighted by Gasteiger charge is -2.38. The number of allylic oxidation sites excluding steroid dienone is 4.